The molecule has 102 valence electrons. The molecule has 0 amide bonds. The van der Waals surface area contributed by atoms with Gasteiger partial charge in [0.2, 0.25) is 5.13 Å². The van der Waals surface area contributed by atoms with Crippen molar-refractivity contribution in [3.05, 3.63) is 5.69 Å². The molecule has 0 aromatic carbocycles. The number of nitrogens with one attached hydrogen (secondary N) is 1. The van der Waals surface area contributed by atoms with Crippen LogP contribution in [0.2, 0.25) is 0 Å². The van der Waals surface area contributed by atoms with Gasteiger partial charge in [-0.15, -0.1) is 10.2 Å². The normalized spacial score (nSPS) is 15.2. The Bertz CT molecular complexity index is 556. The Balaban J connectivity index is 1.86. The van der Waals surface area contributed by atoms with Crippen molar-refractivity contribution in [1.82, 2.24) is 15.2 Å². The van der Waals surface area contributed by atoms with Crippen LogP contribution < -0.4 is 10.2 Å². The fraction of sp³-hybridized carbons (Fsp3) is 0.583. The third kappa shape index (κ3) is 2.57. The van der Waals surface area contributed by atoms with Crippen molar-refractivity contribution in [3.8, 4) is 9.88 Å². The maximum Gasteiger partial charge on any atom is 0.206 e. The van der Waals surface area contributed by atoms with Crippen LogP contribution in [0.5, 0.6) is 0 Å². The lowest BCUT2D eigenvalue weighted by molar-refractivity contribution is 0.949. The van der Waals surface area contributed by atoms with E-state index in [-0.39, 0.29) is 0 Å². The standard InChI is InChI=1S/C12H17N5S2/c1-3-13-11-16-15-10(19-11)9-8(2)14-12(18-9)17-6-4-5-7-17/h3-7H2,1-2H3,(H,13,16). The van der Waals surface area contributed by atoms with Gasteiger partial charge in [0.1, 0.15) is 0 Å². The smallest absolute Gasteiger partial charge is 0.206 e. The number of anilines is 2. The van der Waals surface area contributed by atoms with Gasteiger partial charge in [0, 0.05) is 19.6 Å². The van der Waals surface area contributed by atoms with Gasteiger partial charge in [0.25, 0.3) is 0 Å². The highest BCUT2D eigenvalue weighted by atomic mass is 32.1. The second-order valence-corrected chi connectivity index (χ2v) is 6.50. The van der Waals surface area contributed by atoms with Gasteiger partial charge in [-0.1, -0.05) is 22.7 Å². The number of hydrogen-bond donors (Lipinski definition) is 1. The minimum Gasteiger partial charge on any atom is -0.360 e. The Kier molecular flexibility index (Phi) is 3.65. The Morgan fingerprint density at radius 1 is 1.21 bits per heavy atom. The fourth-order valence-corrected chi connectivity index (χ4v) is 4.21. The van der Waals surface area contributed by atoms with Gasteiger partial charge in [-0.2, -0.15) is 0 Å². The van der Waals surface area contributed by atoms with E-state index < -0.39 is 0 Å². The highest BCUT2D eigenvalue weighted by Crippen LogP contribution is 2.37. The van der Waals surface area contributed by atoms with Crippen LogP contribution in [0.3, 0.4) is 0 Å². The minimum absolute atomic E-state index is 0.870. The van der Waals surface area contributed by atoms with Crippen LogP contribution >= 0.6 is 22.7 Å². The van der Waals surface area contributed by atoms with E-state index in [1.165, 1.54) is 12.8 Å². The predicted molar refractivity (Wildman–Crippen MR) is 81.4 cm³/mol. The van der Waals surface area contributed by atoms with E-state index in [0.717, 1.165) is 45.5 Å². The second-order valence-electron chi connectivity index (χ2n) is 4.55. The zero-order chi connectivity index (χ0) is 13.2. The summed E-state index contributed by atoms with van der Waals surface area (Å²) in [6, 6.07) is 0. The first kappa shape index (κ1) is 12.8. The molecular weight excluding hydrogens is 278 g/mol. The molecule has 0 aliphatic carbocycles. The molecule has 3 rings (SSSR count). The first-order valence-electron chi connectivity index (χ1n) is 6.58. The predicted octanol–water partition coefficient (Wildman–Crippen LogP) is 3.00. The summed E-state index contributed by atoms with van der Waals surface area (Å²) in [4.78, 5) is 8.21. The molecular formula is C12H17N5S2. The number of nitrogens with zero attached hydrogens (tertiary/aromatic N) is 4. The zero-order valence-corrected chi connectivity index (χ0v) is 12.8. The number of aromatic nitrogens is 3. The largest absolute Gasteiger partial charge is 0.360 e. The summed E-state index contributed by atoms with van der Waals surface area (Å²) >= 11 is 3.34. The van der Waals surface area contributed by atoms with E-state index in [1.807, 2.05) is 0 Å². The van der Waals surface area contributed by atoms with Crippen molar-refractivity contribution in [3.63, 3.8) is 0 Å². The number of aryl methyl sites for hydroxylation is 1. The Hall–Kier alpha value is -1.21. The molecule has 0 unspecified atom stereocenters. The average molecular weight is 295 g/mol. The molecule has 7 heteroatoms. The first-order valence-corrected chi connectivity index (χ1v) is 8.21. The van der Waals surface area contributed by atoms with Crippen molar-refractivity contribution in [2.24, 2.45) is 0 Å². The van der Waals surface area contributed by atoms with Gasteiger partial charge >= 0.3 is 0 Å². The maximum absolute atomic E-state index is 4.69. The van der Waals surface area contributed by atoms with E-state index in [4.69, 9.17) is 0 Å². The lowest BCUT2D eigenvalue weighted by Crippen LogP contribution is -2.17. The van der Waals surface area contributed by atoms with Gasteiger partial charge in [0.05, 0.1) is 10.6 Å². The lowest BCUT2D eigenvalue weighted by Gasteiger charge is -2.11. The van der Waals surface area contributed by atoms with Crippen LogP contribution in [0, 0.1) is 6.92 Å². The van der Waals surface area contributed by atoms with E-state index in [0.29, 0.717) is 0 Å². The third-order valence-electron chi connectivity index (χ3n) is 3.11. The molecule has 0 saturated carbocycles. The van der Waals surface area contributed by atoms with Crippen molar-refractivity contribution in [2.75, 3.05) is 29.9 Å². The molecule has 1 aliphatic heterocycles. The highest BCUT2D eigenvalue weighted by Gasteiger charge is 2.20. The number of rotatable bonds is 4. The Labute approximate surface area is 120 Å². The lowest BCUT2D eigenvalue weighted by atomic mass is 10.4. The molecule has 0 spiro atoms. The summed E-state index contributed by atoms with van der Waals surface area (Å²) in [5.74, 6) is 0. The minimum atomic E-state index is 0.870. The molecule has 2 aromatic rings. The van der Waals surface area contributed by atoms with E-state index in [9.17, 15) is 0 Å². The molecule has 1 saturated heterocycles. The topological polar surface area (TPSA) is 53.9 Å². The van der Waals surface area contributed by atoms with Crippen LogP contribution in [0.15, 0.2) is 0 Å². The van der Waals surface area contributed by atoms with Gasteiger partial charge in [0.15, 0.2) is 10.1 Å². The van der Waals surface area contributed by atoms with Crippen LogP contribution in [-0.4, -0.2) is 34.8 Å². The summed E-state index contributed by atoms with van der Waals surface area (Å²) < 4.78 is 0. The van der Waals surface area contributed by atoms with Crippen molar-refractivity contribution in [2.45, 2.75) is 26.7 Å². The molecule has 3 heterocycles. The molecule has 19 heavy (non-hydrogen) atoms. The summed E-state index contributed by atoms with van der Waals surface area (Å²) in [5, 5.41) is 14.6. The van der Waals surface area contributed by atoms with Crippen LogP contribution in [0.4, 0.5) is 10.3 Å². The summed E-state index contributed by atoms with van der Waals surface area (Å²) in [6.45, 7) is 7.25. The van der Waals surface area contributed by atoms with Gasteiger partial charge in [-0.3, -0.25) is 0 Å². The third-order valence-corrected chi connectivity index (χ3v) is 5.36. The van der Waals surface area contributed by atoms with Crippen molar-refractivity contribution in [1.29, 1.82) is 0 Å². The summed E-state index contributed by atoms with van der Waals surface area (Å²) in [6.07, 6.45) is 2.55. The molecule has 0 bridgehead atoms. The number of thiazole rings is 1. The SMILES string of the molecule is CCNc1nnc(-c2sc(N3CCCC3)nc2C)s1. The molecule has 1 N–H and O–H groups in total. The Morgan fingerprint density at radius 3 is 2.74 bits per heavy atom. The molecule has 0 atom stereocenters. The number of hydrogen-bond acceptors (Lipinski definition) is 7. The van der Waals surface area contributed by atoms with Gasteiger partial charge in [-0.25, -0.2) is 4.98 Å². The molecule has 2 aromatic heterocycles. The molecule has 1 fully saturated rings. The van der Waals surface area contributed by atoms with Gasteiger partial charge < -0.3 is 10.2 Å². The van der Waals surface area contributed by atoms with E-state index >= 15 is 0 Å². The van der Waals surface area contributed by atoms with E-state index in [1.54, 1.807) is 22.7 Å². The second kappa shape index (κ2) is 5.42. The van der Waals surface area contributed by atoms with Crippen LogP contribution in [-0.2, 0) is 0 Å². The molecule has 1 aliphatic rings. The molecule has 0 radical (unpaired) electrons. The summed E-state index contributed by atoms with van der Waals surface area (Å²) in [7, 11) is 0. The van der Waals surface area contributed by atoms with Crippen molar-refractivity contribution >= 4 is 32.9 Å². The zero-order valence-electron chi connectivity index (χ0n) is 11.1. The first-order chi connectivity index (χ1) is 9.28. The monoisotopic (exact) mass is 295 g/mol. The van der Waals surface area contributed by atoms with Crippen LogP contribution in [0.1, 0.15) is 25.5 Å². The Morgan fingerprint density at radius 2 is 2.00 bits per heavy atom. The quantitative estimate of drug-likeness (QED) is 0.939. The fourth-order valence-electron chi connectivity index (χ4n) is 2.16. The summed E-state index contributed by atoms with van der Waals surface area (Å²) in [5.41, 5.74) is 1.06. The average Bonchev–Trinajstić information content (AvgIpc) is 3.08. The van der Waals surface area contributed by atoms with Gasteiger partial charge in [-0.05, 0) is 26.7 Å². The highest BCUT2D eigenvalue weighted by molar-refractivity contribution is 7.25. The van der Waals surface area contributed by atoms with Crippen LogP contribution in [0.25, 0.3) is 9.88 Å². The molecule has 5 nitrogen and oxygen atoms in total. The van der Waals surface area contributed by atoms with Crippen molar-refractivity contribution < 1.29 is 0 Å². The maximum atomic E-state index is 4.69. The van der Waals surface area contributed by atoms with E-state index in [2.05, 4.69) is 39.2 Å².